The fourth-order valence-corrected chi connectivity index (χ4v) is 2.21. The summed E-state index contributed by atoms with van der Waals surface area (Å²) in [6.45, 7) is 7.57. The third kappa shape index (κ3) is 3.74. The number of halogens is 1. The van der Waals surface area contributed by atoms with Crippen molar-refractivity contribution in [1.82, 2.24) is 20.1 Å². The maximum absolute atomic E-state index is 6.17. The molecule has 114 valence electrons. The van der Waals surface area contributed by atoms with Gasteiger partial charge in [-0.25, -0.2) is 4.98 Å². The lowest BCUT2D eigenvalue weighted by molar-refractivity contribution is 0.452. The first-order valence-electron chi connectivity index (χ1n) is 7.07. The smallest absolute Gasteiger partial charge is 0.219 e. The van der Waals surface area contributed by atoms with Gasteiger partial charge in [0, 0.05) is 19.7 Å². The lowest BCUT2D eigenvalue weighted by Gasteiger charge is -2.09. The highest BCUT2D eigenvalue weighted by atomic mass is 35.5. The van der Waals surface area contributed by atoms with Gasteiger partial charge in [-0.2, -0.15) is 5.10 Å². The molecule has 0 aliphatic carbocycles. The maximum atomic E-state index is 6.17. The molecule has 0 fully saturated rings. The number of aryl methyl sites for hydroxylation is 2. The molecule has 0 amide bonds. The quantitative estimate of drug-likeness (QED) is 0.831. The van der Waals surface area contributed by atoms with Gasteiger partial charge in [0.05, 0.1) is 16.4 Å². The van der Waals surface area contributed by atoms with Crippen molar-refractivity contribution in [1.29, 1.82) is 0 Å². The lowest BCUT2D eigenvalue weighted by Crippen LogP contribution is -2.15. The van der Waals surface area contributed by atoms with Gasteiger partial charge in [0.15, 0.2) is 5.75 Å². The third-order valence-corrected chi connectivity index (χ3v) is 3.61. The largest absolute Gasteiger partial charge is 0.435 e. The van der Waals surface area contributed by atoms with Crippen LogP contribution in [0.2, 0.25) is 5.02 Å². The highest BCUT2D eigenvalue weighted by Gasteiger charge is 2.13. The van der Waals surface area contributed by atoms with Crippen molar-refractivity contribution in [2.75, 3.05) is 6.54 Å². The number of nitrogens with zero attached hydrogens (tertiary/aromatic N) is 3. The molecule has 0 saturated heterocycles. The third-order valence-electron chi connectivity index (χ3n) is 3.26. The van der Waals surface area contributed by atoms with E-state index < -0.39 is 0 Å². The molecule has 0 aliphatic heterocycles. The molecule has 6 heteroatoms. The Morgan fingerprint density at radius 2 is 2.10 bits per heavy atom. The van der Waals surface area contributed by atoms with Crippen molar-refractivity contribution in [3.05, 3.63) is 34.2 Å². The van der Waals surface area contributed by atoms with Crippen LogP contribution in [0.3, 0.4) is 0 Å². The Bertz CT molecular complexity index is 624. The van der Waals surface area contributed by atoms with E-state index in [-0.39, 0.29) is 0 Å². The van der Waals surface area contributed by atoms with Gasteiger partial charge in [-0.3, -0.25) is 4.68 Å². The summed E-state index contributed by atoms with van der Waals surface area (Å²) in [4.78, 5) is 4.48. The minimum absolute atomic E-state index is 0.534. The van der Waals surface area contributed by atoms with Crippen LogP contribution in [0.25, 0.3) is 0 Å². The molecule has 1 N–H and O–H groups in total. The first kappa shape index (κ1) is 15.8. The van der Waals surface area contributed by atoms with Crippen LogP contribution in [-0.2, 0) is 13.6 Å². The zero-order valence-electron chi connectivity index (χ0n) is 12.9. The molecular formula is C15H21ClN4O. The Morgan fingerprint density at radius 3 is 2.71 bits per heavy atom. The molecule has 0 aliphatic rings. The van der Waals surface area contributed by atoms with Gasteiger partial charge in [-0.05, 0) is 32.9 Å². The van der Waals surface area contributed by atoms with Crippen molar-refractivity contribution in [2.24, 2.45) is 7.05 Å². The summed E-state index contributed by atoms with van der Waals surface area (Å²) in [6.07, 6.45) is 1.07. The molecule has 0 radical (unpaired) electrons. The Balaban J connectivity index is 2.18. The molecule has 5 nitrogen and oxygen atoms in total. The Kier molecular flexibility index (Phi) is 5.20. The van der Waals surface area contributed by atoms with Crippen molar-refractivity contribution >= 4 is 11.6 Å². The van der Waals surface area contributed by atoms with Gasteiger partial charge < -0.3 is 10.1 Å². The molecule has 0 unspecified atom stereocenters. The molecule has 21 heavy (non-hydrogen) atoms. The van der Waals surface area contributed by atoms with Crippen molar-refractivity contribution in [3.63, 3.8) is 0 Å². The predicted octanol–water partition coefficient (Wildman–Crippen LogP) is 3.38. The van der Waals surface area contributed by atoms with E-state index in [4.69, 9.17) is 16.3 Å². The summed E-state index contributed by atoms with van der Waals surface area (Å²) >= 11 is 6.17. The number of aromatic nitrogens is 3. The minimum Gasteiger partial charge on any atom is -0.435 e. The SMILES string of the molecule is CCCNCc1nc(Oc2c(C)nn(C)c2C)ccc1Cl. The molecule has 0 aromatic carbocycles. The van der Waals surface area contributed by atoms with Gasteiger partial charge in [0.2, 0.25) is 5.88 Å². The van der Waals surface area contributed by atoms with Gasteiger partial charge in [0.25, 0.3) is 0 Å². The zero-order valence-corrected chi connectivity index (χ0v) is 13.7. The first-order chi connectivity index (χ1) is 10.0. The second kappa shape index (κ2) is 6.91. The van der Waals surface area contributed by atoms with E-state index in [1.165, 1.54) is 0 Å². The second-order valence-electron chi connectivity index (χ2n) is 4.98. The monoisotopic (exact) mass is 308 g/mol. The number of rotatable bonds is 6. The summed E-state index contributed by atoms with van der Waals surface area (Å²) in [6, 6.07) is 3.59. The van der Waals surface area contributed by atoms with Crippen LogP contribution in [0.5, 0.6) is 11.6 Å². The minimum atomic E-state index is 0.534. The summed E-state index contributed by atoms with van der Waals surface area (Å²) in [5, 5.41) is 8.27. The topological polar surface area (TPSA) is 52.0 Å². The Labute approximate surface area is 130 Å². The van der Waals surface area contributed by atoms with Crippen LogP contribution in [0.15, 0.2) is 12.1 Å². The van der Waals surface area contributed by atoms with Crippen LogP contribution in [0.4, 0.5) is 0 Å². The highest BCUT2D eigenvalue weighted by Crippen LogP contribution is 2.28. The molecule has 2 rings (SSSR count). The summed E-state index contributed by atoms with van der Waals surface area (Å²) in [7, 11) is 1.89. The summed E-state index contributed by atoms with van der Waals surface area (Å²) in [5.41, 5.74) is 2.61. The second-order valence-corrected chi connectivity index (χ2v) is 5.39. The van der Waals surface area contributed by atoms with Crippen LogP contribution >= 0.6 is 11.6 Å². The number of hydrogen-bond donors (Lipinski definition) is 1. The first-order valence-corrected chi connectivity index (χ1v) is 7.45. The normalized spacial score (nSPS) is 10.9. The Hall–Kier alpha value is -1.59. The lowest BCUT2D eigenvalue weighted by atomic mass is 10.3. The van der Waals surface area contributed by atoms with Crippen LogP contribution in [0.1, 0.15) is 30.4 Å². The average molecular weight is 309 g/mol. The molecule has 2 aromatic rings. The van der Waals surface area contributed by atoms with Gasteiger partial charge in [0.1, 0.15) is 5.69 Å². The van der Waals surface area contributed by atoms with Crippen molar-refractivity contribution < 1.29 is 4.74 Å². The van der Waals surface area contributed by atoms with Gasteiger partial charge in [-0.15, -0.1) is 0 Å². The summed E-state index contributed by atoms with van der Waals surface area (Å²) in [5.74, 6) is 1.28. The van der Waals surface area contributed by atoms with E-state index in [0.717, 1.165) is 35.8 Å². The predicted molar refractivity (Wildman–Crippen MR) is 84.0 cm³/mol. The van der Waals surface area contributed by atoms with E-state index in [9.17, 15) is 0 Å². The molecule has 0 bridgehead atoms. The number of nitrogens with one attached hydrogen (secondary N) is 1. The van der Waals surface area contributed by atoms with Crippen LogP contribution < -0.4 is 10.1 Å². The molecule has 2 heterocycles. The number of pyridine rings is 1. The molecule has 0 atom stereocenters. The number of ether oxygens (including phenoxy) is 1. The molecule has 0 saturated carbocycles. The molecule has 0 spiro atoms. The Morgan fingerprint density at radius 1 is 1.33 bits per heavy atom. The van der Waals surface area contributed by atoms with E-state index in [0.29, 0.717) is 17.4 Å². The fourth-order valence-electron chi connectivity index (χ4n) is 2.04. The van der Waals surface area contributed by atoms with Crippen LogP contribution in [-0.4, -0.2) is 21.3 Å². The fraction of sp³-hybridized carbons (Fsp3) is 0.467. The standard InChI is InChI=1S/C15H21ClN4O/c1-5-8-17-9-13-12(16)6-7-14(18-13)21-15-10(2)19-20(4)11(15)3/h6-7,17H,5,8-9H2,1-4H3. The van der Waals surface area contributed by atoms with E-state index in [1.54, 1.807) is 10.7 Å². The van der Waals surface area contributed by atoms with E-state index in [1.807, 2.05) is 27.0 Å². The van der Waals surface area contributed by atoms with Crippen molar-refractivity contribution in [2.45, 2.75) is 33.7 Å². The highest BCUT2D eigenvalue weighted by molar-refractivity contribution is 6.31. The maximum Gasteiger partial charge on any atom is 0.219 e. The molecular weight excluding hydrogens is 288 g/mol. The number of hydrogen-bond acceptors (Lipinski definition) is 4. The van der Waals surface area contributed by atoms with Gasteiger partial charge in [-0.1, -0.05) is 18.5 Å². The van der Waals surface area contributed by atoms with Crippen LogP contribution in [0, 0.1) is 13.8 Å². The molecule has 2 aromatic heterocycles. The van der Waals surface area contributed by atoms with E-state index >= 15 is 0 Å². The zero-order chi connectivity index (χ0) is 15.4. The van der Waals surface area contributed by atoms with Gasteiger partial charge >= 0.3 is 0 Å². The van der Waals surface area contributed by atoms with Crippen molar-refractivity contribution in [3.8, 4) is 11.6 Å². The summed E-state index contributed by atoms with van der Waals surface area (Å²) < 4.78 is 7.68. The average Bonchev–Trinajstić information content (AvgIpc) is 2.69. The van der Waals surface area contributed by atoms with E-state index in [2.05, 4.69) is 22.3 Å².